The fourth-order valence-electron chi connectivity index (χ4n) is 3.01. The summed E-state index contributed by atoms with van der Waals surface area (Å²) in [7, 11) is 0. The van der Waals surface area contributed by atoms with Crippen LogP contribution < -0.4 is 0 Å². The summed E-state index contributed by atoms with van der Waals surface area (Å²) in [6.07, 6.45) is 0. The summed E-state index contributed by atoms with van der Waals surface area (Å²) < 4.78 is 0. The molecule has 16 heteroatoms. The summed E-state index contributed by atoms with van der Waals surface area (Å²) in [6.45, 7) is 0. The van der Waals surface area contributed by atoms with E-state index in [1.165, 1.54) is 24.3 Å². The van der Waals surface area contributed by atoms with Crippen LogP contribution in [-0.4, -0.2) is 41.8 Å². The summed E-state index contributed by atoms with van der Waals surface area (Å²) in [4.78, 5) is 49.5. The number of rotatable bonds is 4. The summed E-state index contributed by atoms with van der Waals surface area (Å²) in [5.74, 6) is -4.11. The summed E-state index contributed by atoms with van der Waals surface area (Å²) >= 11 is 0. The number of aromatic amines is 2. The monoisotopic (exact) mass is 466 g/mol. The molecule has 4 rings (SSSR count). The zero-order valence-electron chi connectivity index (χ0n) is 16.5. The van der Waals surface area contributed by atoms with Crippen LogP contribution in [0.25, 0.3) is 21.8 Å². The second-order valence-electron chi connectivity index (χ2n) is 6.63. The highest BCUT2D eigenvalue weighted by molar-refractivity contribution is 6.35. The topological polar surface area (TPSA) is 242 Å². The molecule has 0 aliphatic heterocycles. The zero-order chi connectivity index (χ0) is 24.6. The lowest BCUT2D eigenvalue weighted by Gasteiger charge is -1.93. The first-order valence-electron chi connectivity index (χ1n) is 9.05. The minimum atomic E-state index is -1.51. The van der Waals surface area contributed by atoms with Gasteiger partial charge < -0.3 is 20.2 Å². The van der Waals surface area contributed by atoms with Crippen molar-refractivity contribution in [2.24, 2.45) is 20.5 Å². The predicted molar refractivity (Wildman–Crippen MR) is 112 cm³/mol. The van der Waals surface area contributed by atoms with Gasteiger partial charge in [0.2, 0.25) is 11.8 Å². The fourth-order valence-corrected chi connectivity index (χ4v) is 3.01. The number of aromatic nitrogens is 2. The number of carbonyl (C=O) groups is 2. The van der Waals surface area contributed by atoms with Crippen LogP contribution in [0.1, 0.15) is 0 Å². The molecule has 0 atom stereocenters. The smallest absolute Gasteiger partial charge is 0.357 e. The standard InChI is InChI=1S/C18H10N8O8/c27-15-13(9-5-7(25(31)32)1-3-11(9)19-15)21-23-17(29)18(30)24-22-14-10-6-8(26(33)34)2-4-12(10)20-16(14)28/h1-6,19-20,27-28H. The maximum atomic E-state index is 12.0. The highest BCUT2D eigenvalue weighted by Gasteiger charge is 2.19. The van der Waals surface area contributed by atoms with E-state index in [2.05, 4.69) is 30.4 Å². The largest absolute Gasteiger partial charge is 0.493 e. The van der Waals surface area contributed by atoms with Crippen LogP contribution in [-0.2, 0) is 9.59 Å². The molecule has 0 unspecified atom stereocenters. The van der Waals surface area contributed by atoms with Crippen LogP contribution in [0.3, 0.4) is 0 Å². The third kappa shape index (κ3) is 3.88. The average molecular weight is 466 g/mol. The lowest BCUT2D eigenvalue weighted by atomic mass is 10.2. The fraction of sp³-hybridized carbons (Fsp3) is 0. The molecule has 2 aromatic heterocycles. The number of nitrogens with zero attached hydrogens (tertiary/aromatic N) is 6. The Morgan fingerprint density at radius 2 is 1.12 bits per heavy atom. The van der Waals surface area contributed by atoms with Gasteiger partial charge in [-0.25, -0.2) is 0 Å². The highest BCUT2D eigenvalue weighted by atomic mass is 16.6. The number of nitro benzene ring substituents is 2. The Morgan fingerprint density at radius 1 is 0.735 bits per heavy atom. The molecule has 4 N–H and O–H groups in total. The number of non-ortho nitro benzene ring substituents is 2. The number of hydrogen-bond acceptors (Lipinski definition) is 10. The van der Waals surface area contributed by atoms with E-state index in [1.54, 1.807) is 0 Å². The van der Waals surface area contributed by atoms with E-state index in [4.69, 9.17) is 0 Å². The average Bonchev–Trinajstić information content (AvgIpc) is 3.29. The van der Waals surface area contributed by atoms with Gasteiger partial charge in [0.1, 0.15) is 0 Å². The number of amides is 2. The van der Waals surface area contributed by atoms with Gasteiger partial charge in [0, 0.05) is 35.0 Å². The SMILES string of the molecule is O=C(N=Nc1c(O)[nH]c2ccc([N+](=O)[O-])cc12)C(=O)N=Nc1c(O)[nH]c2ccc([N+](=O)[O-])cc12. The lowest BCUT2D eigenvalue weighted by molar-refractivity contribution is -0.384. The molecule has 0 radical (unpaired) electrons. The second kappa shape index (κ2) is 8.19. The quantitative estimate of drug-likeness (QED) is 0.149. The van der Waals surface area contributed by atoms with Gasteiger partial charge in [-0.05, 0) is 12.1 Å². The zero-order valence-corrected chi connectivity index (χ0v) is 16.5. The normalized spacial score (nSPS) is 11.6. The molecule has 2 amide bonds. The molecule has 0 aliphatic carbocycles. The van der Waals surface area contributed by atoms with Crippen molar-refractivity contribution in [2.45, 2.75) is 0 Å². The van der Waals surface area contributed by atoms with E-state index >= 15 is 0 Å². The van der Waals surface area contributed by atoms with E-state index in [0.717, 1.165) is 12.1 Å². The van der Waals surface area contributed by atoms with Crippen molar-refractivity contribution in [3.63, 3.8) is 0 Å². The number of carbonyl (C=O) groups excluding carboxylic acids is 2. The van der Waals surface area contributed by atoms with Crippen molar-refractivity contribution in [2.75, 3.05) is 0 Å². The molecule has 34 heavy (non-hydrogen) atoms. The van der Waals surface area contributed by atoms with Gasteiger partial charge in [-0.2, -0.15) is 0 Å². The Hall–Kier alpha value is -5.54. The molecule has 170 valence electrons. The van der Waals surface area contributed by atoms with Crippen LogP contribution in [0.5, 0.6) is 11.8 Å². The minimum Gasteiger partial charge on any atom is -0.493 e. The van der Waals surface area contributed by atoms with Crippen LogP contribution >= 0.6 is 0 Å². The van der Waals surface area contributed by atoms with E-state index in [1.807, 2.05) is 0 Å². The van der Waals surface area contributed by atoms with Gasteiger partial charge in [-0.3, -0.25) is 29.8 Å². The molecule has 0 aliphatic rings. The Kier molecular flexibility index (Phi) is 5.22. The van der Waals surface area contributed by atoms with E-state index in [9.17, 15) is 40.0 Å². The van der Waals surface area contributed by atoms with Crippen molar-refractivity contribution in [3.05, 3.63) is 56.6 Å². The molecule has 0 bridgehead atoms. The molecule has 2 heterocycles. The molecule has 0 saturated heterocycles. The van der Waals surface area contributed by atoms with Crippen LogP contribution in [0.15, 0.2) is 56.9 Å². The number of nitrogens with one attached hydrogen (secondary N) is 2. The molecular weight excluding hydrogens is 456 g/mol. The minimum absolute atomic E-state index is 0.0719. The van der Waals surface area contributed by atoms with Crippen molar-refractivity contribution < 1.29 is 29.6 Å². The Bertz CT molecular complexity index is 1460. The van der Waals surface area contributed by atoms with Crippen LogP contribution in [0.2, 0.25) is 0 Å². The first kappa shape index (κ1) is 21.7. The molecule has 0 fully saturated rings. The van der Waals surface area contributed by atoms with Crippen molar-refractivity contribution in [3.8, 4) is 11.8 Å². The molecule has 0 spiro atoms. The number of hydrogen-bond donors (Lipinski definition) is 4. The lowest BCUT2D eigenvalue weighted by Crippen LogP contribution is -2.06. The van der Waals surface area contributed by atoms with Crippen molar-refractivity contribution >= 4 is 56.4 Å². The molecule has 2 aromatic carbocycles. The van der Waals surface area contributed by atoms with Gasteiger partial charge >= 0.3 is 11.8 Å². The molecule has 0 saturated carbocycles. The highest BCUT2D eigenvalue weighted by Crippen LogP contribution is 2.38. The molecular formula is C18H10N8O8. The Balaban J connectivity index is 1.59. The number of nitro groups is 2. The number of aromatic hydroxyl groups is 2. The first-order valence-corrected chi connectivity index (χ1v) is 9.05. The van der Waals surface area contributed by atoms with E-state index < -0.39 is 33.4 Å². The summed E-state index contributed by atoms with van der Waals surface area (Å²) in [6, 6.07) is 7.17. The number of azo groups is 2. The van der Waals surface area contributed by atoms with Crippen LogP contribution in [0.4, 0.5) is 22.7 Å². The molecule has 16 nitrogen and oxygen atoms in total. The van der Waals surface area contributed by atoms with Crippen LogP contribution in [0, 0.1) is 20.2 Å². The predicted octanol–water partition coefficient (Wildman–Crippen LogP) is 3.80. The Labute approximate surface area is 185 Å². The third-order valence-corrected chi connectivity index (χ3v) is 4.56. The number of benzene rings is 2. The third-order valence-electron chi connectivity index (χ3n) is 4.56. The van der Waals surface area contributed by atoms with Gasteiger partial charge in [-0.15, -0.1) is 20.5 Å². The van der Waals surface area contributed by atoms with Crippen molar-refractivity contribution in [1.29, 1.82) is 0 Å². The molecule has 4 aromatic rings. The number of H-pyrrole nitrogens is 2. The number of fused-ring (bicyclic) bond motifs is 2. The maximum Gasteiger partial charge on any atom is 0.357 e. The summed E-state index contributed by atoms with van der Waals surface area (Å²) in [5, 5.41) is 55.2. The van der Waals surface area contributed by atoms with Gasteiger partial charge in [0.25, 0.3) is 11.4 Å². The van der Waals surface area contributed by atoms with E-state index in [-0.39, 0.29) is 44.6 Å². The maximum absolute atomic E-state index is 12.0. The first-order chi connectivity index (χ1) is 16.2. The van der Waals surface area contributed by atoms with Gasteiger partial charge in [0.05, 0.1) is 20.9 Å². The second-order valence-corrected chi connectivity index (χ2v) is 6.63. The Morgan fingerprint density at radius 3 is 1.47 bits per heavy atom. The summed E-state index contributed by atoms with van der Waals surface area (Å²) in [5.41, 5.74) is -0.730. The van der Waals surface area contributed by atoms with E-state index in [0.29, 0.717) is 0 Å². The van der Waals surface area contributed by atoms with Gasteiger partial charge in [0.15, 0.2) is 11.4 Å². The van der Waals surface area contributed by atoms with Crippen molar-refractivity contribution in [1.82, 2.24) is 9.97 Å². The van der Waals surface area contributed by atoms with Gasteiger partial charge in [-0.1, -0.05) is 0 Å².